The third-order valence-electron chi connectivity index (χ3n) is 12.9. The molecule has 0 saturated heterocycles. The maximum atomic E-state index is 5.56. The average molecular weight is 765 g/mol. The molecule has 11 aromatic rings. The monoisotopic (exact) mass is 764 g/mol. The molecule has 0 atom stereocenters. The lowest BCUT2D eigenvalue weighted by Gasteiger charge is -2.30. The van der Waals surface area contributed by atoms with E-state index in [1.165, 1.54) is 60.8 Å². The topological polar surface area (TPSA) is 26.0 Å². The van der Waals surface area contributed by atoms with E-state index in [0.29, 0.717) is 0 Å². The summed E-state index contributed by atoms with van der Waals surface area (Å²) in [5, 5.41) is 2.51. The molecule has 0 amide bonds. The van der Waals surface area contributed by atoms with Crippen molar-refractivity contribution < 1.29 is 0 Å². The highest BCUT2D eigenvalue weighted by Crippen LogP contribution is 2.62. The Hall–Kier alpha value is -7.95. The van der Waals surface area contributed by atoms with Crippen LogP contribution in [0.4, 0.5) is 17.1 Å². The van der Waals surface area contributed by atoms with Gasteiger partial charge in [-0.15, -0.1) is 0 Å². The van der Waals surface area contributed by atoms with Gasteiger partial charge in [-0.3, -0.25) is 4.57 Å². The molecule has 4 nitrogen and oxygen atoms in total. The number of anilines is 3. The van der Waals surface area contributed by atoms with Gasteiger partial charge < -0.3 is 9.47 Å². The molecule has 0 N–H and O–H groups in total. The Balaban J connectivity index is 1.07. The van der Waals surface area contributed by atoms with Crippen molar-refractivity contribution in [1.82, 2.24) is 14.1 Å². The molecule has 1 aliphatic carbocycles. The van der Waals surface area contributed by atoms with E-state index in [4.69, 9.17) is 4.98 Å². The SMILES string of the molecule is c1ccc(-c2ccc(N(c3ccc(-n4c5ccccc5c5ccccc54)cc3)c3cccc4c3-n3c(nc5ccccc53)C43c4ccccc4-c4ccccc43)cc2)cc1. The van der Waals surface area contributed by atoms with E-state index in [0.717, 1.165) is 45.3 Å². The number of aromatic nitrogens is 3. The number of para-hydroxylation sites is 5. The lowest BCUT2D eigenvalue weighted by Crippen LogP contribution is -2.27. The molecule has 4 heteroatoms. The zero-order valence-corrected chi connectivity index (χ0v) is 32.6. The Morgan fingerprint density at radius 3 is 1.57 bits per heavy atom. The molecule has 2 aromatic heterocycles. The Labute approximate surface area is 347 Å². The number of hydrogen-bond donors (Lipinski definition) is 0. The largest absolute Gasteiger partial charge is 0.309 e. The van der Waals surface area contributed by atoms with Gasteiger partial charge in [0.05, 0.1) is 33.4 Å². The summed E-state index contributed by atoms with van der Waals surface area (Å²) in [7, 11) is 0. The Kier molecular flexibility index (Phi) is 6.90. The van der Waals surface area contributed by atoms with Crippen molar-refractivity contribution in [3.8, 4) is 33.6 Å². The van der Waals surface area contributed by atoms with E-state index in [2.05, 4.69) is 232 Å². The van der Waals surface area contributed by atoms with Gasteiger partial charge in [-0.2, -0.15) is 0 Å². The first-order chi connectivity index (χ1) is 29.8. The van der Waals surface area contributed by atoms with Crippen LogP contribution in [0.15, 0.2) is 218 Å². The van der Waals surface area contributed by atoms with Crippen LogP contribution in [0.3, 0.4) is 0 Å². The quantitative estimate of drug-likeness (QED) is 0.174. The van der Waals surface area contributed by atoms with Crippen molar-refractivity contribution in [3.63, 3.8) is 0 Å². The maximum absolute atomic E-state index is 5.56. The van der Waals surface area contributed by atoms with Gasteiger partial charge in [-0.1, -0.05) is 152 Å². The summed E-state index contributed by atoms with van der Waals surface area (Å²) in [6, 6.07) is 79.5. The molecule has 0 saturated carbocycles. The summed E-state index contributed by atoms with van der Waals surface area (Å²) < 4.78 is 4.84. The number of imidazole rings is 1. The lowest BCUT2D eigenvalue weighted by atomic mass is 9.73. The first-order valence-electron chi connectivity index (χ1n) is 20.6. The van der Waals surface area contributed by atoms with Crippen LogP contribution in [0.5, 0.6) is 0 Å². The molecule has 1 aliphatic heterocycles. The summed E-state index contributed by atoms with van der Waals surface area (Å²) in [5.74, 6) is 1.03. The first kappa shape index (κ1) is 33.1. The fourth-order valence-electron chi connectivity index (χ4n) is 10.5. The van der Waals surface area contributed by atoms with Gasteiger partial charge in [-0.25, -0.2) is 4.98 Å². The summed E-state index contributed by atoms with van der Waals surface area (Å²) in [6.45, 7) is 0. The van der Waals surface area contributed by atoms with E-state index >= 15 is 0 Å². The van der Waals surface area contributed by atoms with Gasteiger partial charge in [0, 0.05) is 33.4 Å². The normalized spacial score (nSPS) is 13.1. The van der Waals surface area contributed by atoms with Crippen LogP contribution < -0.4 is 4.90 Å². The van der Waals surface area contributed by atoms with Gasteiger partial charge in [0.15, 0.2) is 0 Å². The molecule has 280 valence electrons. The smallest absolute Gasteiger partial charge is 0.134 e. The van der Waals surface area contributed by atoms with E-state index < -0.39 is 5.41 Å². The van der Waals surface area contributed by atoms with Crippen molar-refractivity contribution in [3.05, 3.63) is 241 Å². The molecule has 9 aromatic carbocycles. The van der Waals surface area contributed by atoms with E-state index in [1.54, 1.807) is 0 Å². The van der Waals surface area contributed by atoms with Gasteiger partial charge in [0.1, 0.15) is 11.2 Å². The zero-order valence-electron chi connectivity index (χ0n) is 32.6. The Morgan fingerprint density at radius 1 is 0.383 bits per heavy atom. The average Bonchev–Trinajstić information content (AvgIpc) is 4.04. The Morgan fingerprint density at radius 2 is 0.900 bits per heavy atom. The molecule has 0 fully saturated rings. The number of nitrogens with zero attached hydrogens (tertiary/aromatic N) is 4. The minimum atomic E-state index is -0.596. The molecular weight excluding hydrogens is 729 g/mol. The van der Waals surface area contributed by atoms with Crippen LogP contribution in [0.25, 0.3) is 66.5 Å². The molecule has 0 unspecified atom stereocenters. The molecule has 60 heavy (non-hydrogen) atoms. The lowest BCUT2D eigenvalue weighted by molar-refractivity contribution is 0.738. The van der Waals surface area contributed by atoms with Crippen molar-refractivity contribution in [2.45, 2.75) is 5.41 Å². The van der Waals surface area contributed by atoms with Crippen LogP contribution >= 0.6 is 0 Å². The van der Waals surface area contributed by atoms with Crippen LogP contribution in [0.2, 0.25) is 0 Å². The summed E-state index contributed by atoms with van der Waals surface area (Å²) in [5.41, 5.74) is 18.1. The standard InChI is InChI=1S/C56H36N4/c1-2-15-37(16-3-1)38-29-31-39(32-30-38)58(40-33-35-41(36-34-40)59-50-25-11-6-19-44(50)45-20-7-12-26-51(45)59)53-28-14-23-48-54(53)60-52-27-13-10-24-49(52)57-55(60)56(48)46-21-8-4-17-42(46)43-18-5-9-22-47(43)56/h1-36H. The third kappa shape index (κ3) is 4.42. The van der Waals surface area contributed by atoms with Crippen LogP contribution in [0.1, 0.15) is 22.5 Å². The second kappa shape index (κ2) is 12.5. The summed E-state index contributed by atoms with van der Waals surface area (Å²) in [4.78, 5) is 8.00. The summed E-state index contributed by atoms with van der Waals surface area (Å²) >= 11 is 0. The number of rotatable bonds is 5. The molecule has 0 bridgehead atoms. The highest BCUT2D eigenvalue weighted by molar-refractivity contribution is 6.09. The fourth-order valence-corrected chi connectivity index (χ4v) is 10.5. The molecule has 2 aliphatic rings. The number of benzene rings is 9. The Bertz CT molecular complexity index is 3380. The second-order valence-corrected chi connectivity index (χ2v) is 15.9. The van der Waals surface area contributed by atoms with Crippen molar-refractivity contribution in [2.75, 3.05) is 4.90 Å². The van der Waals surface area contributed by atoms with E-state index in [-0.39, 0.29) is 0 Å². The molecule has 3 heterocycles. The summed E-state index contributed by atoms with van der Waals surface area (Å²) in [6.07, 6.45) is 0. The van der Waals surface area contributed by atoms with E-state index in [1.807, 2.05) is 0 Å². The molecule has 13 rings (SSSR count). The van der Waals surface area contributed by atoms with Gasteiger partial charge in [0.25, 0.3) is 0 Å². The van der Waals surface area contributed by atoms with E-state index in [9.17, 15) is 0 Å². The van der Waals surface area contributed by atoms with Gasteiger partial charge >= 0.3 is 0 Å². The highest BCUT2D eigenvalue weighted by Gasteiger charge is 2.55. The molecular formula is C56H36N4. The number of fused-ring (bicyclic) bond motifs is 15. The molecule has 0 radical (unpaired) electrons. The highest BCUT2D eigenvalue weighted by atomic mass is 15.2. The van der Waals surface area contributed by atoms with Crippen LogP contribution in [0, 0.1) is 0 Å². The third-order valence-corrected chi connectivity index (χ3v) is 12.9. The maximum Gasteiger partial charge on any atom is 0.134 e. The van der Waals surface area contributed by atoms with Crippen LogP contribution in [-0.2, 0) is 5.41 Å². The minimum absolute atomic E-state index is 0.596. The zero-order chi connectivity index (χ0) is 39.4. The minimum Gasteiger partial charge on any atom is -0.309 e. The van der Waals surface area contributed by atoms with Crippen molar-refractivity contribution >= 4 is 49.9 Å². The predicted octanol–water partition coefficient (Wildman–Crippen LogP) is 13.9. The molecule has 1 spiro atoms. The fraction of sp³-hybridized carbons (Fsp3) is 0.0179. The second-order valence-electron chi connectivity index (χ2n) is 15.9. The number of hydrogen-bond acceptors (Lipinski definition) is 2. The van der Waals surface area contributed by atoms with Crippen LogP contribution in [-0.4, -0.2) is 14.1 Å². The van der Waals surface area contributed by atoms with Crippen molar-refractivity contribution in [2.24, 2.45) is 0 Å². The van der Waals surface area contributed by atoms with Gasteiger partial charge in [0.2, 0.25) is 0 Å². The first-order valence-corrected chi connectivity index (χ1v) is 20.6. The predicted molar refractivity (Wildman–Crippen MR) is 246 cm³/mol. The van der Waals surface area contributed by atoms with Gasteiger partial charge in [-0.05, 0) is 100 Å². The van der Waals surface area contributed by atoms with Crippen molar-refractivity contribution in [1.29, 1.82) is 0 Å².